The topological polar surface area (TPSA) is 29.0 Å². The number of aromatic nitrogens is 2. The molecular weight excluding hydrogens is 522 g/mol. The molecular formula is C40H27N3. The van der Waals surface area contributed by atoms with E-state index in [4.69, 9.17) is 9.97 Å². The molecule has 0 atom stereocenters. The van der Waals surface area contributed by atoms with Crippen molar-refractivity contribution in [2.45, 2.75) is 0 Å². The number of benzene rings is 6. The molecule has 2 aromatic heterocycles. The summed E-state index contributed by atoms with van der Waals surface area (Å²) in [6.07, 6.45) is 3.76. The molecule has 3 heteroatoms. The van der Waals surface area contributed by atoms with Crippen molar-refractivity contribution < 1.29 is 0 Å². The molecule has 6 aromatic carbocycles. The van der Waals surface area contributed by atoms with Crippen molar-refractivity contribution in [2.24, 2.45) is 0 Å². The fourth-order valence-corrected chi connectivity index (χ4v) is 6.26. The molecule has 8 rings (SSSR count). The zero-order valence-electron chi connectivity index (χ0n) is 23.4. The third kappa shape index (κ3) is 4.30. The third-order valence-corrected chi connectivity index (χ3v) is 8.15. The van der Waals surface area contributed by atoms with Crippen LogP contribution < -0.4 is 4.90 Å². The van der Waals surface area contributed by atoms with Crippen LogP contribution in [-0.4, -0.2) is 9.97 Å². The van der Waals surface area contributed by atoms with Gasteiger partial charge in [0.1, 0.15) is 5.82 Å². The van der Waals surface area contributed by atoms with Crippen molar-refractivity contribution in [3.05, 3.63) is 164 Å². The van der Waals surface area contributed by atoms with Gasteiger partial charge in [-0.3, -0.25) is 9.88 Å². The first-order chi connectivity index (χ1) is 21.4. The smallest absolute Gasteiger partial charge is 0.145 e. The number of anilines is 3. The van der Waals surface area contributed by atoms with Crippen LogP contribution in [0.1, 0.15) is 0 Å². The molecule has 3 nitrogen and oxygen atoms in total. The molecule has 0 aliphatic heterocycles. The summed E-state index contributed by atoms with van der Waals surface area (Å²) in [7, 11) is 0. The Hall–Kier alpha value is -5.80. The summed E-state index contributed by atoms with van der Waals surface area (Å²) in [5.41, 5.74) is 6.67. The first kappa shape index (κ1) is 25.0. The van der Waals surface area contributed by atoms with Gasteiger partial charge in [-0.05, 0) is 80.5 Å². The number of hydrogen-bond acceptors (Lipinski definition) is 3. The van der Waals surface area contributed by atoms with Crippen LogP contribution in [0.25, 0.3) is 54.7 Å². The Labute approximate surface area is 250 Å². The van der Waals surface area contributed by atoms with Gasteiger partial charge in [0.2, 0.25) is 0 Å². The second-order valence-electron chi connectivity index (χ2n) is 10.6. The number of para-hydroxylation sites is 1. The van der Waals surface area contributed by atoms with Gasteiger partial charge in [-0.1, -0.05) is 109 Å². The van der Waals surface area contributed by atoms with Gasteiger partial charge in [0.05, 0.1) is 5.69 Å². The molecule has 0 spiro atoms. The number of nitrogens with zero attached hydrogens (tertiary/aromatic N) is 3. The van der Waals surface area contributed by atoms with Crippen molar-refractivity contribution >= 4 is 49.5 Å². The minimum atomic E-state index is 0.910. The summed E-state index contributed by atoms with van der Waals surface area (Å²) >= 11 is 0. The fraction of sp³-hybridized carbons (Fsp3) is 0. The van der Waals surface area contributed by atoms with E-state index in [1.165, 1.54) is 38.2 Å². The van der Waals surface area contributed by atoms with Gasteiger partial charge in [0.25, 0.3) is 0 Å². The van der Waals surface area contributed by atoms with Gasteiger partial charge in [0.15, 0.2) is 0 Å². The Balaban J connectivity index is 1.33. The van der Waals surface area contributed by atoms with Crippen molar-refractivity contribution in [1.29, 1.82) is 0 Å². The minimum Gasteiger partial charge on any atom is -0.295 e. The van der Waals surface area contributed by atoms with Crippen molar-refractivity contribution in [2.75, 3.05) is 4.90 Å². The van der Waals surface area contributed by atoms with Gasteiger partial charge in [-0.2, -0.15) is 0 Å². The zero-order valence-corrected chi connectivity index (χ0v) is 23.4. The molecule has 43 heavy (non-hydrogen) atoms. The average Bonchev–Trinajstić information content (AvgIpc) is 3.09. The highest BCUT2D eigenvalue weighted by molar-refractivity contribution is 6.21. The molecule has 202 valence electrons. The second-order valence-corrected chi connectivity index (χ2v) is 10.6. The van der Waals surface area contributed by atoms with Crippen molar-refractivity contribution in [1.82, 2.24) is 9.97 Å². The van der Waals surface area contributed by atoms with Crippen LogP contribution >= 0.6 is 0 Å². The zero-order chi connectivity index (χ0) is 28.6. The highest BCUT2D eigenvalue weighted by Gasteiger charge is 2.19. The van der Waals surface area contributed by atoms with E-state index in [-0.39, 0.29) is 0 Å². The summed E-state index contributed by atoms with van der Waals surface area (Å²) in [5, 5.41) is 7.10. The van der Waals surface area contributed by atoms with E-state index in [0.717, 1.165) is 33.7 Å². The van der Waals surface area contributed by atoms with Crippen LogP contribution in [0.15, 0.2) is 164 Å². The minimum absolute atomic E-state index is 0.910. The predicted octanol–water partition coefficient (Wildman–Crippen LogP) is 10.7. The monoisotopic (exact) mass is 549 g/mol. The summed E-state index contributed by atoms with van der Waals surface area (Å²) < 4.78 is 0. The van der Waals surface area contributed by atoms with E-state index in [0.29, 0.717) is 0 Å². The largest absolute Gasteiger partial charge is 0.295 e. The standard InChI is InChI=1S/C40H27N3/c1-2-13-30(14-3-1)43(40-32-15-5-4-12-28(32)25-27-42-40)31-23-21-29(22-24-31)38-33-16-6-8-18-35(33)39(37-20-10-11-26-41-37)36-19-9-7-17-34(36)38/h1-27H. The molecule has 0 saturated heterocycles. The van der Waals surface area contributed by atoms with Crippen LogP contribution in [0.5, 0.6) is 0 Å². The molecule has 0 unspecified atom stereocenters. The second kappa shape index (κ2) is 10.6. The van der Waals surface area contributed by atoms with Crippen molar-refractivity contribution in [3.63, 3.8) is 0 Å². The van der Waals surface area contributed by atoms with Crippen LogP contribution in [0, 0.1) is 0 Å². The van der Waals surface area contributed by atoms with E-state index in [1.54, 1.807) is 0 Å². The Morgan fingerprint density at radius 1 is 0.372 bits per heavy atom. The quantitative estimate of drug-likeness (QED) is 0.200. The summed E-state index contributed by atoms with van der Waals surface area (Å²) in [6, 6.07) is 53.4. The molecule has 2 heterocycles. The molecule has 0 aliphatic carbocycles. The van der Waals surface area contributed by atoms with Gasteiger partial charge in [0, 0.05) is 34.7 Å². The third-order valence-electron chi connectivity index (χ3n) is 8.15. The Morgan fingerprint density at radius 2 is 0.930 bits per heavy atom. The summed E-state index contributed by atoms with van der Waals surface area (Å²) in [4.78, 5) is 11.9. The molecule has 0 radical (unpaired) electrons. The van der Waals surface area contributed by atoms with Crippen molar-refractivity contribution in [3.8, 4) is 22.4 Å². The van der Waals surface area contributed by atoms with E-state index >= 15 is 0 Å². The van der Waals surface area contributed by atoms with Gasteiger partial charge >= 0.3 is 0 Å². The molecule has 0 N–H and O–H groups in total. The van der Waals surface area contributed by atoms with Crippen LogP contribution in [0.4, 0.5) is 17.2 Å². The van der Waals surface area contributed by atoms with Crippen LogP contribution in [-0.2, 0) is 0 Å². The highest BCUT2D eigenvalue weighted by atomic mass is 15.2. The van der Waals surface area contributed by atoms with E-state index < -0.39 is 0 Å². The van der Waals surface area contributed by atoms with E-state index in [9.17, 15) is 0 Å². The molecule has 0 saturated carbocycles. The number of rotatable bonds is 5. The van der Waals surface area contributed by atoms with Gasteiger partial charge in [-0.15, -0.1) is 0 Å². The van der Waals surface area contributed by atoms with Crippen LogP contribution in [0.3, 0.4) is 0 Å². The number of hydrogen-bond donors (Lipinski definition) is 0. The average molecular weight is 550 g/mol. The summed E-state index contributed by atoms with van der Waals surface area (Å²) in [6.45, 7) is 0. The molecule has 0 bridgehead atoms. The first-order valence-electron chi connectivity index (χ1n) is 14.5. The Bertz CT molecular complexity index is 2160. The number of fused-ring (bicyclic) bond motifs is 3. The first-order valence-corrected chi connectivity index (χ1v) is 14.5. The number of pyridine rings is 2. The maximum Gasteiger partial charge on any atom is 0.145 e. The molecule has 0 aliphatic rings. The molecule has 8 aromatic rings. The lowest BCUT2D eigenvalue weighted by molar-refractivity contribution is 1.20. The summed E-state index contributed by atoms with van der Waals surface area (Å²) in [5.74, 6) is 0.910. The normalized spacial score (nSPS) is 11.3. The predicted molar refractivity (Wildman–Crippen MR) is 180 cm³/mol. The Morgan fingerprint density at radius 3 is 1.58 bits per heavy atom. The lowest BCUT2D eigenvalue weighted by Crippen LogP contribution is -2.11. The van der Waals surface area contributed by atoms with E-state index in [2.05, 4.69) is 144 Å². The SMILES string of the molecule is c1ccc(N(c2ccc(-c3c4ccccc4c(-c4ccccn4)c4ccccc34)cc2)c2nccc3ccccc23)cc1. The lowest BCUT2D eigenvalue weighted by Gasteiger charge is -2.26. The maximum absolute atomic E-state index is 4.88. The van der Waals surface area contributed by atoms with Gasteiger partial charge in [-0.25, -0.2) is 4.98 Å². The van der Waals surface area contributed by atoms with E-state index in [1.807, 2.05) is 24.5 Å². The van der Waals surface area contributed by atoms with Crippen LogP contribution in [0.2, 0.25) is 0 Å². The molecule has 0 amide bonds. The van der Waals surface area contributed by atoms with Gasteiger partial charge < -0.3 is 0 Å². The lowest BCUT2D eigenvalue weighted by atomic mass is 9.87. The molecule has 0 fully saturated rings. The fourth-order valence-electron chi connectivity index (χ4n) is 6.26. The highest BCUT2D eigenvalue weighted by Crippen LogP contribution is 2.44. The maximum atomic E-state index is 4.88. The Kier molecular flexibility index (Phi) is 6.12.